The molecule has 1 aliphatic carbocycles. The fourth-order valence-electron chi connectivity index (χ4n) is 3.65. The Labute approximate surface area is 112 Å². The van der Waals surface area contributed by atoms with Crippen molar-refractivity contribution in [3.05, 3.63) is 0 Å². The molecular weight excluding hydrogens is 226 g/mol. The van der Waals surface area contributed by atoms with Crippen molar-refractivity contribution in [2.75, 3.05) is 20.3 Å². The average molecular weight is 255 g/mol. The van der Waals surface area contributed by atoms with Gasteiger partial charge in [-0.25, -0.2) is 0 Å². The lowest BCUT2D eigenvalue weighted by atomic mass is 9.78. The Bertz CT molecular complexity index is 254. The smallest absolute Gasteiger partial charge is 0.0697 e. The highest BCUT2D eigenvalue weighted by Gasteiger charge is 2.39. The maximum Gasteiger partial charge on any atom is 0.0697 e. The van der Waals surface area contributed by atoms with E-state index in [-0.39, 0.29) is 11.1 Å². The molecule has 1 N–H and O–H groups in total. The molecule has 1 saturated carbocycles. The lowest BCUT2D eigenvalue weighted by Crippen LogP contribution is -2.55. The minimum atomic E-state index is 0.0621. The van der Waals surface area contributed by atoms with Crippen LogP contribution in [0.25, 0.3) is 0 Å². The van der Waals surface area contributed by atoms with Crippen LogP contribution in [0.15, 0.2) is 0 Å². The highest BCUT2D eigenvalue weighted by Crippen LogP contribution is 2.38. The van der Waals surface area contributed by atoms with Crippen LogP contribution in [0.5, 0.6) is 0 Å². The van der Waals surface area contributed by atoms with Gasteiger partial charge < -0.3 is 14.8 Å². The minimum absolute atomic E-state index is 0.0621. The fourth-order valence-corrected chi connectivity index (χ4v) is 3.65. The second-order valence-corrected chi connectivity index (χ2v) is 6.74. The predicted molar refractivity (Wildman–Crippen MR) is 73.9 cm³/mol. The lowest BCUT2D eigenvalue weighted by molar-refractivity contribution is -0.112. The number of hydrogen-bond acceptors (Lipinski definition) is 3. The summed E-state index contributed by atoms with van der Waals surface area (Å²) in [5.41, 5.74) is 0.254. The molecular formula is C15H29NO2. The van der Waals surface area contributed by atoms with Crippen molar-refractivity contribution < 1.29 is 9.47 Å². The van der Waals surface area contributed by atoms with Crippen LogP contribution in [-0.4, -0.2) is 37.5 Å². The van der Waals surface area contributed by atoms with Crippen molar-refractivity contribution in [3.63, 3.8) is 0 Å². The Morgan fingerprint density at radius 1 is 1.28 bits per heavy atom. The number of hydrogen-bond donors (Lipinski definition) is 1. The molecule has 1 atom stereocenters. The number of methoxy groups -OCH3 is 1. The number of rotatable bonds is 4. The van der Waals surface area contributed by atoms with Crippen LogP contribution in [0, 0.1) is 0 Å². The third-order valence-corrected chi connectivity index (χ3v) is 4.36. The molecule has 0 amide bonds. The summed E-state index contributed by atoms with van der Waals surface area (Å²) < 4.78 is 11.4. The molecule has 3 heteroatoms. The van der Waals surface area contributed by atoms with Gasteiger partial charge in [-0.3, -0.25) is 0 Å². The van der Waals surface area contributed by atoms with E-state index in [1.165, 1.54) is 38.5 Å². The second kappa shape index (κ2) is 5.89. The maximum absolute atomic E-state index is 6.14. The maximum atomic E-state index is 6.14. The zero-order valence-corrected chi connectivity index (χ0v) is 12.3. The van der Waals surface area contributed by atoms with Gasteiger partial charge in [0.05, 0.1) is 12.2 Å². The summed E-state index contributed by atoms with van der Waals surface area (Å²) in [4.78, 5) is 0. The van der Waals surface area contributed by atoms with Crippen molar-refractivity contribution in [2.24, 2.45) is 0 Å². The predicted octanol–water partition coefficient (Wildman–Crippen LogP) is 2.88. The molecule has 0 aromatic heterocycles. The van der Waals surface area contributed by atoms with Crippen molar-refractivity contribution >= 4 is 0 Å². The van der Waals surface area contributed by atoms with E-state index in [0.717, 1.165) is 19.6 Å². The van der Waals surface area contributed by atoms with E-state index >= 15 is 0 Å². The van der Waals surface area contributed by atoms with Crippen molar-refractivity contribution in [2.45, 2.75) is 76.0 Å². The van der Waals surface area contributed by atoms with Gasteiger partial charge in [-0.1, -0.05) is 19.3 Å². The topological polar surface area (TPSA) is 30.5 Å². The Balaban J connectivity index is 1.90. The monoisotopic (exact) mass is 255 g/mol. The molecule has 0 bridgehead atoms. The quantitative estimate of drug-likeness (QED) is 0.838. The summed E-state index contributed by atoms with van der Waals surface area (Å²) in [7, 11) is 1.77. The number of ether oxygens (including phenoxy) is 2. The molecule has 0 aromatic carbocycles. The summed E-state index contributed by atoms with van der Waals surface area (Å²) >= 11 is 0. The molecule has 1 aliphatic heterocycles. The molecule has 0 aromatic rings. The Morgan fingerprint density at radius 3 is 2.67 bits per heavy atom. The summed E-state index contributed by atoms with van der Waals surface area (Å²) in [5.74, 6) is 0. The summed E-state index contributed by atoms with van der Waals surface area (Å²) in [6.45, 7) is 6.12. The zero-order chi connectivity index (χ0) is 13.1. The molecule has 2 aliphatic rings. The highest BCUT2D eigenvalue weighted by atomic mass is 16.5. The van der Waals surface area contributed by atoms with Gasteiger partial charge in [0.25, 0.3) is 0 Å². The largest absolute Gasteiger partial charge is 0.383 e. The Kier molecular flexibility index (Phi) is 4.68. The van der Waals surface area contributed by atoms with Crippen LogP contribution < -0.4 is 5.32 Å². The van der Waals surface area contributed by atoms with E-state index < -0.39 is 0 Å². The normalized spacial score (nSPS) is 28.5. The molecule has 106 valence electrons. The molecule has 2 rings (SSSR count). The van der Waals surface area contributed by atoms with Gasteiger partial charge in [0, 0.05) is 25.3 Å². The Hall–Kier alpha value is -0.120. The molecule has 2 fully saturated rings. The van der Waals surface area contributed by atoms with E-state index in [9.17, 15) is 0 Å². The van der Waals surface area contributed by atoms with Gasteiger partial charge in [-0.15, -0.1) is 0 Å². The van der Waals surface area contributed by atoms with Gasteiger partial charge in [-0.2, -0.15) is 0 Å². The third-order valence-electron chi connectivity index (χ3n) is 4.36. The highest BCUT2D eigenvalue weighted by molar-refractivity contribution is 4.94. The Morgan fingerprint density at radius 2 is 2.00 bits per heavy atom. The SMILES string of the molecule is COCC(C)(C)NC1CCOC2(CCCCC2)C1. The molecule has 0 radical (unpaired) electrons. The molecule has 1 heterocycles. The first-order chi connectivity index (χ1) is 8.55. The standard InChI is InChI=1S/C15H29NO2/c1-14(2,12-17-3)16-13-7-10-18-15(11-13)8-5-4-6-9-15/h13,16H,4-12H2,1-3H3. The van der Waals surface area contributed by atoms with Crippen LogP contribution >= 0.6 is 0 Å². The van der Waals surface area contributed by atoms with Crippen molar-refractivity contribution in [1.82, 2.24) is 5.32 Å². The summed E-state index contributed by atoms with van der Waals surface area (Å²) in [6.07, 6.45) is 8.90. The average Bonchev–Trinajstić information content (AvgIpc) is 2.29. The van der Waals surface area contributed by atoms with E-state index in [1.807, 2.05) is 0 Å². The first-order valence-electron chi connectivity index (χ1n) is 7.46. The molecule has 1 unspecified atom stereocenters. The van der Waals surface area contributed by atoms with E-state index in [2.05, 4.69) is 19.2 Å². The van der Waals surface area contributed by atoms with Crippen molar-refractivity contribution in [3.8, 4) is 0 Å². The van der Waals surface area contributed by atoms with E-state index in [1.54, 1.807) is 7.11 Å². The number of nitrogens with one attached hydrogen (secondary N) is 1. The summed E-state index contributed by atoms with van der Waals surface area (Å²) in [5, 5.41) is 3.76. The molecule has 3 nitrogen and oxygen atoms in total. The van der Waals surface area contributed by atoms with Crippen LogP contribution in [-0.2, 0) is 9.47 Å². The van der Waals surface area contributed by atoms with Crippen LogP contribution in [0.2, 0.25) is 0 Å². The van der Waals surface area contributed by atoms with Gasteiger partial charge in [0.1, 0.15) is 0 Å². The first-order valence-corrected chi connectivity index (χ1v) is 7.46. The van der Waals surface area contributed by atoms with E-state index in [0.29, 0.717) is 6.04 Å². The second-order valence-electron chi connectivity index (χ2n) is 6.74. The van der Waals surface area contributed by atoms with Crippen LogP contribution in [0.3, 0.4) is 0 Å². The molecule has 1 spiro atoms. The van der Waals surface area contributed by atoms with Gasteiger partial charge in [-0.05, 0) is 39.5 Å². The third kappa shape index (κ3) is 3.69. The van der Waals surface area contributed by atoms with Gasteiger partial charge in [0.15, 0.2) is 0 Å². The lowest BCUT2D eigenvalue weighted by Gasteiger charge is -2.45. The van der Waals surface area contributed by atoms with Gasteiger partial charge in [0.2, 0.25) is 0 Å². The van der Waals surface area contributed by atoms with Crippen molar-refractivity contribution in [1.29, 1.82) is 0 Å². The van der Waals surface area contributed by atoms with Crippen LogP contribution in [0.4, 0.5) is 0 Å². The summed E-state index contributed by atoms with van der Waals surface area (Å²) in [6, 6.07) is 0.585. The minimum Gasteiger partial charge on any atom is -0.383 e. The van der Waals surface area contributed by atoms with E-state index in [4.69, 9.17) is 9.47 Å². The molecule has 18 heavy (non-hydrogen) atoms. The molecule has 1 saturated heterocycles. The first kappa shape index (κ1) is 14.3. The fraction of sp³-hybridized carbons (Fsp3) is 1.00. The van der Waals surface area contributed by atoms with Gasteiger partial charge >= 0.3 is 0 Å². The zero-order valence-electron chi connectivity index (χ0n) is 12.3. The van der Waals surface area contributed by atoms with Crippen LogP contribution in [0.1, 0.15) is 58.8 Å².